The minimum Gasteiger partial charge on any atom is -0.496 e. The fourth-order valence-electron chi connectivity index (χ4n) is 2.56. The summed E-state index contributed by atoms with van der Waals surface area (Å²) in [5, 5.41) is 5.42. The second kappa shape index (κ2) is 9.82. The van der Waals surface area contributed by atoms with Gasteiger partial charge in [-0.25, -0.2) is 9.59 Å². The first-order valence-corrected chi connectivity index (χ1v) is 9.46. The Hall–Kier alpha value is -2.48. The van der Waals surface area contributed by atoms with Crippen molar-refractivity contribution in [3.8, 4) is 5.75 Å². The highest BCUT2D eigenvalue weighted by molar-refractivity contribution is 5.85. The van der Waals surface area contributed by atoms with E-state index < -0.39 is 29.6 Å². The Bertz CT molecular complexity index is 706. The highest BCUT2D eigenvalue weighted by Gasteiger charge is 2.26. The van der Waals surface area contributed by atoms with E-state index in [1.807, 2.05) is 6.92 Å². The smallest absolute Gasteiger partial charge is 0.412 e. The molecular formula is C21H34N2O6. The third kappa shape index (κ3) is 8.60. The van der Waals surface area contributed by atoms with Crippen molar-refractivity contribution in [1.29, 1.82) is 0 Å². The molecule has 0 heterocycles. The van der Waals surface area contributed by atoms with Crippen LogP contribution in [0.1, 0.15) is 59.9 Å². The third-order valence-corrected chi connectivity index (χ3v) is 3.73. The zero-order valence-electron chi connectivity index (χ0n) is 18.8. The second-order valence-electron chi connectivity index (χ2n) is 8.67. The van der Waals surface area contributed by atoms with Crippen molar-refractivity contribution in [3.05, 3.63) is 23.8 Å². The number of hydrogen-bond donors (Lipinski definition) is 2. The van der Waals surface area contributed by atoms with E-state index in [0.29, 0.717) is 11.4 Å². The molecule has 0 radical (unpaired) electrons. The standard InChI is InChI=1S/C21H34N2O6/c1-13(17(27-9)23-19(25)29-21(5,6)7)15-12-14(10-11-16(15)26-8)22-18(24)28-20(2,3)4/h10-13,17H,1-9H3,(H,22,24)(H,23,25)/t13-,17-/m0/s1. The van der Waals surface area contributed by atoms with Crippen molar-refractivity contribution in [1.82, 2.24) is 5.32 Å². The number of carbonyl (C=O) groups excluding carboxylic acids is 2. The molecule has 2 N–H and O–H groups in total. The van der Waals surface area contributed by atoms with Gasteiger partial charge in [0.1, 0.15) is 23.2 Å². The van der Waals surface area contributed by atoms with E-state index in [2.05, 4.69) is 10.6 Å². The van der Waals surface area contributed by atoms with E-state index in [1.165, 1.54) is 7.11 Å². The molecule has 2 atom stereocenters. The monoisotopic (exact) mass is 410 g/mol. The number of rotatable bonds is 6. The molecule has 8 nitrogen and oxygen atoms in total. The quantitative estimate of drug-likeness (QED) is 0.663. The van der Waals surface area contributed by atoms with Crippen LogP contribution in [-0.2, 0) is 14.2 Å². The van der Waals surface area contributed by atoms with Crippen molar-refractivity contribution in [2.24, 2.45) is 0 Å². The Kier molecular flexibility index (Phi) is 8.32. The number of anilines is 1. The van der Waals surface area contributed by atoms with E-state index in [1.54, 1.807) is 66.9 Å². The Morgan fingerprint density at radius 2 is 1.48 bits per heavy atom. The van der Waals surface area contributed by atoms with Gasteiger partial charge in [0.2, 0.25) is 0 Å². The maximum absolute atomic E-state index is 12.1. The molecule has 164 valence electrons. The summed E-state index contributed by atoms with van der Waals surface area (Å²) >= 11 is 0. The molecule has 0 aliphatic rings. The van der Waals surface area contributed by atoms with Crippen LogP contribution in [0.3, 0.4) is 0 Å². The van der Waals surface area contributed by atoms with Crippen molar-refractivity contribution in [2.45, 2.75) is 71.8 Å². The first-order valence-electron chi connectivity index (χ1n) is 9.46. The van der Waals surface area contributed by atoms with Gasteiger partial charge in [0.15, 0.2) is 0 Å². The van der Waals surface area contributed by atoms with Crippen LogP contribution in [0.5, 0.6) is 5.75 Å². The molecule has 1 rings (SSSR count). The van der Waals surface area contributed by atoms with Crippen LogP contribution in [0.2, 0.25) is 0 Å². The van der Waals surface area contributed by atoms with Crippen LogP contribution in [0.25, 0.3) is 0 Å². The number of nitrogens with one attached hydrogen (secondary N) is 2. The predicted octanol–water partition coefficient (Wildman–Crippen LogP) is 4.64. The summed E-state index contributed by atoms with van der Waals surface area (Å²) < 4.78 is 21.5. The lowest BCUT2D eigenvalue weighted by Gasteiger charge is -2.27. The molecule has 0 saturated carbocycles. The van der Waals surface area contributed by atoms with Crippen LogP contribution in [0.4, 0.5) is 15.3 Å². The Labute approximate surface area is 173 Å². The normalized spacial score (nSPS) is 13.8. The van der Waals surface area contributed by atoms with Crippen LogP contribution in [0, 0.1) is 0 Å². The largest absolute Gasteiger partial charge is 0.496 e. The van der Waals surface area contributed by atoms with Gasteiger partial charge < -0.3 is 18.9 Å². The molecular weight excluding hydrogens is 376 g/mol. The predicted molar refractivity (Wildman–Crippen MR) is 111 cm³/mol. The van der Waals surface area contributed by atoms with Crippen molar-refractivity contribution >= 4 is 17.9 Å². The van der Waals surface area contributed by atoms with Gasteiger partial charge in [0, 0.05) is 24.3 Å². The summed E-state index contributed by atoms with van der Waals surface area (Å²) in [6.45, 7) is 12.6. The van der Waals surface area contributed by atoms with Gasteiger partial charge in [-0.3, -0.25) is 10.6 Å². The fraction of sp³-hybridized carbons (Fsp3) is 0.619. The van der Waals surface area contributed by atoms with Gasteiger partial charge in [0.25, 0.3) is 0 Å². The molecule has 1 aromatic carbocycles. The molecule has 0 spiro atoms. The van der Waals surface area contributed by atoms with Gasteiger partial charge in [-0.05, 0) is 59.7 Å². The molecule has 0 aliphatic heterocycles. The molecule has 0 unspecified atom stereocenters. The van der Waals surface area contributed by atoms with Gasteiger partial charge >= 0.3 is 12.2 Å². The zero-order chi connectivity index (χ0) is 22.4. The van der Waals surface area contributed by atoms with Gasteiger partial charge in [-0.15, -0.1) is 0 Å². The number of methoxy groups -OCH3 is 2. The summed E-state index contributed by atoms with van der Waals surface area (Å²) in [4.78, 5) is 24.2. The van der Waals surface area contributed by atoms with Gasteiger partial charge in [0.05, 0.1) is 7.11 Å². The number of alkyl carbamates (subject to hydrolysis) is 1. The minimum atomic E-state index is -0.671. The molecule has 0 aromatic heterocycles. The molecule has 2 amide bonds. The van der Waals surface area contributed by atoms with Crippen LogP contribution < -0.4 is 15.4 Å². The number of benzene rings is 1. The number of carbonyl (C=O) groups is 2. The molecule has 0 aliphatic carbocycles. The summed E-state index contributed by atoms with van der Waals surface area (Å²) in [5.41, 5.74) is 0.0455. The number of hydrogen-bond acceptors (Lipinski definition) is 6. The van der Waals surface area contributed by atoms with Crippen LogP contribution in [0.15, 0.2) is 18.2 Å². The average molecular weight is 411 g/mol. The Balaban J connectivity index is 3.03. The summed E-state index contributed by atoms with van der Waals surface area (Å²) in [5.74, 6) is 0.295. The van der Waals surface area contributed by atoms with E-state index in [9.17, 15) is 9.59 Å². The topological polar surface area (TPSA) is 95.1 Å². The van der Waals surface area contributed by atoms with E-state index >= 15 is 0 Å². The van der Waals surface area contributed by atoms with Crippen LogP contribution in [-0.4, -0.2) is 43.8 Å². The summed E-state index contributed by atoms with van der Waals surface area (Å²) in [7, 11) is 3.05. The lowest BCUT2D eigenvalue weighted by Crippen LogP contribution is -2.42. The molecule has 0 saturated heterocycles. The summed E-state index contributed by atoms with van der Waals surface area (Å²) in [6.07, 6.45) is -1.81. The Morgan fingerprint density at radius 1 is 0.931 bits per heavy atom. The van der Waals surface area contributed by atoms with Crippen molar-refractivity contribution in [3.63, 3.8) is 0 Å². The Morgan fingerprint density at radius 3 is 1.97 bits per heavy atom. The summed E-state index contributed by atoms with van der Waals surface area (Å²) in [6, 6.07) is 5.21. The zero-order valence-corrected chi connectivity index (χ0v) is 18.8. The lowest BCUT2D eigenvalue weighted by atomic mass is 9.97. The molecule has 1 aromatic rings. The van der Waals surface area contributed by atoms with Gasteiger partial charge in [-0.1, -0.05) is 6.92 Å². The maximum atomic E-state index is 12.1. The lowest BCUT2D eigenvalue weighted by molar-refractivity contribution is 0.0165. The highest BCUT2D eigenvalue weighted by Crippen LogP contribution is 2.32. The first kappa shape index (κ1) is 24.6. The number of ether oxygens (including phenoxy) is 4. The van der Waals surface area contributed by atoms with Crippen molar-refractivity contribution in [2.75, 3.05) is 19.5 Å². The molecule has 0 bridgehead atoms. The van der Waals surface area contributed by atoms with E-state index in [0.717, 1.165) is 5.56 Å². The fourth-order valence-corrected chi connectivity index (χ4v) is 2.56. The van der Waals surface area contributed by atoms with E-state index in [-0.39, 0.29) is 5.92 Å². The minimum absolute atomic E-state index is 0.303. The van der Waals surface area contributed by atoms with Crippen LogP contribution >= 0.6 is 0 Å². The number of amides is 2. The van der Waals surface area contributed by atoms with Crippen molar-refractivity contribution < 1.29 is 28.5 Å². The highest BCUT2D eigenvalue weighted by atomic mass is 16.6. The van der Waals surface area contributed by atoms with Gasteiger partial charge in [-0.2, -0.15) is 0 Å². The first-order chi connectivity index (χ1) is 13.3. The SMILES string of the molecule is COc1ccc(NC(=O)OC(C)(C)C)cc1[C@H](C)[C@@H](NC(=O)OC(C)(C)C)OC. The molecule has 8 heteroatoms. The van der Waals surface area contributed by atoms with E-state index in [4.69, 9.17) is 18.9 Å². The second-order valence-corrected chi connectivity index (χ2v) is 8.67. The third-order valence-electron chi connectivity index (χ3n) is 3.73. The molecule has 29 heavy (non-hydrogen) atoms. The maximum Gasteiger partial charge on any atom is 0.412 e. The molecule has 0 fully saturated rings. The average Bonchev–Trinajstić information content (AvgIpc) is 2.55.